The first-order valence-corrected chi connectivity index (χ1v) is 11.2. The average Bonchev–Trinajstić information content (AvgIpc) is 3.22. The Bertz CT molecular complexity index is 1480. The molecule has 33 heavy (non-hydrogen) atoms. The van der Waals surface area contributed by atoms with Gasteiger partial charge in [0.1, 0.15) is 5.75 Å². The summed E-state index contributed by atoms with van der Waals surface area (Å²) in [6.45, 7) is 0. The number of methoxy groups -OCH3 is 1. The van der Waals surface area contributed by atoms with Crippen molar-refractivity contribution < 1.29 is 4.74 Å². The number of hydrogen-bond acceptors (Lipinski definition) is 1. The number of nitrogens with zero attached hydrogens (tertiary/aromatic N) is 1. The Labute approximate surface area is 193 Å². The van der Waals surface area contributed by atoms with Crippen LogP contribution in [0.2, 0.25) is 0 Å². The van der Waals surface area contributed by atoms with E-state index in [2.05, 4.69) is 114 Å². The summed E-state index contributed by atoms with van der Waals surface area (Å²) in [4.78, 5) is 0. The number of benzene rings is 5. The third-order valence-electron chi connectivity index (χ3n) is 6.29. The van der Waals surface area contributed by atoms with Gasteiger partial charge in [0.25, 0.3) is 0 Å². The van der Waals surface area contributed by atoms with Crippen LogP contribution in [0.25, 0.3) is 49.7 Å². The highest BCUT2D eigenvalue weighted by atomic mass is 16.5. The van der Waals surface area contributed by atoms with Gasteiger partial charge in [-0.05, 0) is 58.7 Å². The third-order valence-corrected chi connectivity index (χ3v) is 6.29. The van der Waals surface area contributed by atoms with Gasteiger partial charge in [-0.3, -0.25) is 0 Å². The second-order valence-corrected chi connectivity index (χ2v) is 8.23. The van der Waals surface area contributed by atoms with Gasteiger partial charge in [-0.15, -0.1) is 0 Å². The average molecular weight is 426 g/mol. The van der Waals surface area contributed by atoms with Crippen LogP contribution in [0, 0.1) is 0 Å². The number of ether oxygens (including phenoxy) is 1. The number of aromatic nitrogens is 1. The third kappa shape index (κ3) is 3.37. The summed E-state index contributed by atoms with van der Waals surface area (Å²) >= 11 is 0. The summed E-state index contributed by atoms with van der Waals surface area (Å²) in [7, 11) is 1.71. The van der Waals surface area contributed by atoms with Crippen LogP contribution in [0.3, 0.4) is 0 Å². The maximum Gasteiger partial charge on any atom is 0.120 e. The van der Waals surface area contributed by atoms with E-state index in [9.17, 15) is 0 Å². The van der Waals surface area contributed by atoms with Crippen LogP contribution in [-0.2, 0) is 0 Å². The topological polar surface area (TPSA) is 14.2 Å². The van der Waals surface area contributed by atoms with Gasteiger partial charge in [0.05, 0.1) is 18.1 Å². The van der Waals surface area contributed by atoms with E-state index in [1.807, 2.05) is 12.1 Å². The molecule has 0 saturated heterocycles. The zero-order valence-electron chi connectivity index (χ0n) is 18.4. The normalized spacial score (nSPS) is 11.2. The summed E-state index contributed by atoms with van der Waals surface area (Å²) < 4.78 is 7.85. The highest BCUT2D eigenvalue weighted by Gasteiger charge is 2.15. The molecule has 2 nitrogen and oxygen atoms in total. The molecule has 0 aliphatic rings. The molecule has 5 aromatic carbocycles. The fourth-order valence-corrected chi connectivity index (χ4v) is 4.67. The quantitative estimate of drug-likeness (QED) is 0.278. The van der Waals surface area contributed by atoms with Crippen molar-refractivity contribution in [3.8, 4) is 33.7 Å². The highest BCUT2D eigenvalue weighted by molar-refractivity contribution is 6.11. The van der Waals surface area contributed by atoms with Crippen LogP contribution in [-0.4, -0.2) is 11.7 Å². The van der Waals surface area contributed by atoms with Crippen molar-refractivity contribution in [3.05, 3.63) is 121 Å². The smallest absolute Gasteiger partial charge is 0.120 e. The van der Waals surface area contributed by atoms with E-state index in [1.54, 1.807) is 7.11 Å². The molecule has 0 unspecified atom stereocenters. The first kappa shape index (κ1) is 19.4. The van der Waals surface area contributed by atoms with Crippen molar-refractivity contribution in [2.75, 3.05) is 7.11 Å². The van der Waals surface area contributed by atoms with Gasteiger partial charge in [0, 0.05) is 22.5 Å². The number of rotatable bonds is 4. The Balaban J connectivity index is 1.66. The molecule has 0 saturated carbocycles. The van der Waals surface area contributed by atoms with E-state index in [0.29, 0.717) is 0 Å². The van der Waals surface area contributed by atoms with Crippen LogP contribution >= 0.6 is 0 Å². The molecule has 0 bridgehead atoms. The van der Waals surface area contributed by atoms with E-state index >= 15 is 0 Å². The molecule has 1 aromatic heterocycles. The van der Waals surface area contributed by atoms with Crippen molar-refractivity contribution >= 4 is 21.8 Å². The summed E-state index contributed by atoms with van der Waals surface area (Å²) in [5, 5.41) is 2.49. The minimum Gasteiger partial charge on any atom is -0.497 e. The minimum absolute atomic E-state index is 0.851. The second-order valence-electron chi connectivity index (χ2n) is 8.23. The Morgan fingerprint density at radius 3 is 1.55 bits per heavy atom. The predicted octanol–water partition coefficient (Wildman–Crippen LogP) is 8.13. The lowest BCUT2D eigenvalue weighted by molar-refractivity contribution is 0.414. The molecule has 0 fully saturated rings. The SMILES string of the molecule is COc1cccc(-n2c3ccc(-c4ccccc4)cc3c3cc(-c4ccccc4)ccc32)c1. The zero-order chi connectivity index (χ0) is 22.2. The van der Waals surface area contributed by atoms with Crippen LogP contribution in [0.1, 0.15) is 0 Å². The molecule has 0 aliphatic carbocycles. The maximum atomic E-state index is 5.52. The van der Waals surface area contributed by atoms with Crippen molar-refractivity contribution in [1.29, 1.82) is 0 Å². The van der Waals surface area contributed by atoms with Crippen LogP contribution in [0.5, 0.6) is 5.75 Å². The Hall–Kier alpha value is -4.30. The van der Waals surface area contributed by atoms with Crippen molar-refractivity contribution in [1.82, 2.24) is 4.57 Å². The summed E-state index contributed by atoms with van der Waals surface area (Å²) in [6.07, 6.45) is 0. The Kier molecular flexibility index (Phi) is 4.70. The molecule has 6 rings (SSSR count). The molecular formula is C31H23NO. The van der Waals surface area contributed by atoms with Crippen molar-refractivity contribution in [3.63, 3.8) is 0 Å². The standard InChI is InChI=1S/C31H23NO/c1-33-27-14-8-13-26(21-27)32-30-17-15-24(22-9-4-2-5-10-22)19-28(30)29-20-25(16-18-31(29)32)23-11-6-3-7-12-23/h2-21H,1H3. The lowest BCUT2D eigenvalue weighted by Crippen LogP contribution is -1.94. The van der Waals surface area contributed by atoms with Gasteiger partial charge >= 0.3 is 0 Å². The summed E-state index contributed by atoms with van der Waals surface area (Å²) in [6, 6.07) is 42.9. The molecule has 0 atom stereocenters. The van der Waals surface area contributed by atoms with Crippen molar-refractivity contribution in [2.24, 2.45) is 0 Å². The minimum atomic E-state index is 0.851. The molecule has 1 heterocycles. The second kappa shape index (κ2) is 7.99. The van der Waals surface area contributed by atoms with Gasteiger partial charge in [0.2, 0.25) is 0 Å². The fraction of sp³-hybridized carbons (Fsp3) is 0.0323. The molecule has 0 N–H and O–H groups in total. The van der Waals surface area contributed by atoms with E-state index in [-0.39, 0.29) is 0 Å². The summed E-state index contributed by atoms with van der Waals surface area (Å²) in [5.74, 6) is 0.851. The lowest BCUT2D eigenvalue weighted by Gasteiger charge is -2.10. The Morgan fingerprint density at radius 1 is 0.485 bits per heavy atom. The monoisotopic (exact) mass is 425 g/mol. The zero-order valence-corrected chi connectivity index (χ0v) is 18.4. The van der Waals surface area contributed by atoms with Gasteiger partial charge in [-0.2, -0.15) is 0 Å². The van der Waals surface area contributed by atoms with Gasteiger partial charge in [-0.1, -0.05) is 78.9 Å². The summed E-state index contributed by atoms with van der Waals surface area (Å²) in [5.41, 5.74) is 8.35. The van der Waals surface area contributed by atoms with E-state index in [0.717, 1.165) is 11.4 Å². The number of fused-ring (bicyclic) bond motifs is 3. The van der Waals surface area contributed by atoms with Gasteiger partial charge in [-0.25, -0.2) is 0 Å². The predicted molar refractivity (Wildman–Crippen MR) is 138 cm³/mol. The molecule has 6 aromatic rings. The maximum absolute atomic E-state index is 5.52. The van der Waals surface area contributed by atoms with Crippen LogP contribution in [0.15, 0.2) is 121 Å². The Morgan fingerprint density at radius 2 is 1.03 bits per heavy atom. The molecule has 2 heteroatoms. The molecule has 0 amide bonds. The van der Waals surface area contributed by atoms with Gasteiger partial charge < -0.3 is 9.30 Å². The first-order chi connectivity index (χ1) is 16.3. The van der Waals surface area contributed by atoms with E-state index in [4.69, 9.17) is 4.74 Å². The molecule has 0 aliphatic heterocycles. The molecule has 158 valence electrons. The molecule has 0 radical (unpaired) electrons. The first-order valence-electron chi connectivity index (χ1n) is 11.2. The number of hydrogen-bond donors (Lipinski definition) is 0. The highest BCUT2D eigenvalue weighted by Crippen LogP contribution is 2.37. The molecular weight excluding hydrogens is 402 g/mol. The van der Waals surface area contributed by atoms with Crippen LogP contribution in [0.4, 0.5) is 0 Å². The molecule has 0 spiro atoms. The lowest BCUT2D eigenvalue weighted by atomic mass is 10.0. The largest absolute Gasteiger partial charge is 0.497 e. The van der Waals surface area contributed by atoms with Crippen molar-refractivity contribution in [2.45, 2.75) is 0 Å². The fourth-order valence-electron chi connectivity index (χ4n) is 4.67. The van der Waals surface area contributed by atoms with Gasteiger partial charge in [0.15, 0.2) is 0 Å². The van der Waals surface area contributed by atoms with E-state index in [1.165, 1.54) is 44.1 Å². The van der Waals surface area contributed by atoms with E-state index < -0.39 is 0 Å². The van der Waals surface area contributed by atoms with Crippen LogP contribution < -0.4 is 4.74 Å².